The Morgan fingerprint density at radius 3 is 2.57 bits per heavy atom. The number of rotatable bonds is 5. The summed E-state index contributed by atoms with van der Waals surface area (Å²) in [6, 6.07) is 4.12. The zero-order valence-corrected chi connectivity index (χ0v) is 13.1. The zero-order valence-electron chi connectivity index (χ0n) is 13.1. The smallest absolute Gasteiger partial charge is 0.342 e. The van der Waals surface area contributed by atoms with Gasteiger partial charge in [0.2, 0.25) is 0 Å². The topological polar surface area (TPSA) is 94.2 Å². The summed E-state index contributed by atoms with van der Waals surface area (Å²) in [5, 5.41) is 2.51. The molecular weight excluding hydrogens is 304 g/mol. The van der Waals surface area contributed by atoms with Crippen LogP contribution in [0.15, 0.2) is 18.2 Å². The highest BCUT2D eigenvalue weighted by molar-refractivity contribution is 6.00. The van der Waals surface area contributed by atoms with Crippen LogP contribution in [0.5, 0.6) is 11.5 Å². The molecule has 1 N–H and O–H groups in total. The van der Waals surface area contributed by atoms with Gasteiger partial charge in [-0.3, -0.25) is 9.69 Å². The molecule has 0 spiro atoms. The van der Waals surface area contributed by atoms with Gasteiger partial charge in [0.25, 0.3) is 5.91 Å². The fourth-order valence-electron chi connectivity index (χ4n) is 2.14. The standard InChI is InChI=1S/C15H18N2O6/c1-9(13(18)17-7-6-16-15(17)20)23-14(19)11-5-4-10(21-2)8-12(11)22-3/h4-5,8-9H,6-7H2,1-3H3,(H,16,20). The molecule has 0 bridgehead atoms. The Morgan fingerprint density at radius 2 is 2.00 bits per heavy atom. The van der Waals surface area contributed by atoms with Crippen molar-refractivity contribution >= 4 is 17.9 Å². The van der Waals surface area contributed by atoms with Gasteiger partial charge in [0.15, 0.2) is 6.10 Å². The summed E-state index contributed by atoms with van der Waals surface area (Å²) in [6.45, 7) is 2.06. The zero-order chi connectivity index (χ0) is 17.0. The van der Waals surface area contributed by atoms with Gasteiger partial charge < -0.3 is 19.5 Å². The first kappa shape index (κ1) is 16.6. The van der Waals surface area contributed by atoms with Crippen molar-refractivity contribution in [3.8, 4) is 11.5 Å². The summed E-state index contributed by atoms with van der Waals surface area (Å²) in [4.78, 5) is 36.8. The molecule has 1 heterocycles. The van der Waals surface area contributed by atoms with E-state index in [9.17, 15) is 14.4 Å². The Morgan fingerprint density at radius 1 is 1.26 bits per heavy atom. The number of methoxy groups -OCH3 is 2. The molecule has 3 amide bonds. The van der Waals surface area contributed by atoms with Crippen LogP contribution in [0, 0.1) is 0 Å². The first-order valence-corrected chi connectivity index (χ1v) is 7.00. The van der Waals surface area contributed by atoms with E-state index in [1.165, 1.54) is 33.3 Å². The molecule has 1 aromatic carbocycles. The number of hydrogen-bond donors (Lipinski definition) is 1. The Balaban J connectivity index is 2.09. The van der Waals surface area contributed by atoms with Crippen molar-refractivity contribution in [3.05, 3.63) is 23.8 Å². The largest absolute Gasteiger partial charge is 0.497 e. The lowest BCUT2D eigenvalue weighted by Crippen LogP contribution is -2.41. The number of amides is 3. The minimum Gasteiger partial charge on any atom is -0.497 e. The average Bonchev–Trinajstić information content (AvgIpc) is 2.99. The average molecular weight is 322 g/mol. The van der Waals surface area contributed by atoms with Crippen molar-refractivity contribution in [3.63, 3.8) is 0 Å². The quantitative estimate of drug-likeness (QED) is 0.806. The second-order valence-corrected chi connectivity index (χ2v) is 4.84. The normalized spacial score (nSPS) is 14.9. The summed E-state index contributed by atoms with van der Waals surface area (Å²) in [6.07, 6.45) is -1.09. The summed E-state index contributed by atoms with van der Waals surface area (Å²) >= 11 is 0. The van der Waals surface area contributed by atoms with Crippen molar-refractivity contribution in [2.75, 3.05) is 27.3 Å². The van der Waals surface area contributed by atoms with Crippen LogP contribution < -0.4 is 14.8 Å². The van der Waals surface area contributed by atoms with Gasteiger partial charge in [-0.05, 0) is 19.1 Å². The number of imide groups is 1. The number of ether oxygens (including phenoxy) is 3. The third-order valence-corrected chi connectivity index (χ3v) is 3.38. The van der Waals surface area contributed by atoms with E-state index in [0.717, 1.165) is 4.90 Å². The van der Waals surface area contributed by atoms with Gasteiger partial charge in [0.05, 0.1) is 14.2 Å². The van der Waals surface area contributed by atoms with Crippen molar-refractivity contribution in [2.24, 2.45) is 0 Å². The number of benzene rings is 1. The van der Waals surface area contributed by atoms with Gasteiger partial charge in [-0.25, -0.2) is 9.59 Å². The van der Waals surface area contributed by atoms with Crippen LogP contribution in [0.1, 0.15) is 17.3 Å². The summed E-state index contributed by atoms with van der Waals surface area (Å²) in [5.74, 6) is -0.491. The van der Waals surface area contributed by atoms with Gasteiger partial charge in [0, 0.05) is 19.2 Å². The van der Waals surface area contributed by atoms with E-state index >= 15 is 0 Å². The molecule has 1 fully saturated rings. The Hall–Kier alpha value is -2.77. The van der Waals surface area contributed by atoms with E-state index in [1.54, 1.807) is 6.07 Å². The van der Waals surface area contributed by atoms with Crippen LogP contribution in [0.25, 0.3) is 0 Å². The molecule has 23 heavy (non-hydrogen) atoms. The fraction of sp³-hybridized carbons (Fsp3) is 0.400. The lowest BCUT2D eigenvalue weighted by molar-refractivity contribution is -0.136. The fourth-order valence-corrected chi connectivity index (χ4v) is 2.14. The second-order valence-electron chi connectivity index (χ2n) is 4.84. The molecule has 8 nitrogen and oxygen atoms in total. The molecule has 0 radical (unpaired) electrons. The van der Waals surface area contributed by atoms with Gasteiger partial charge in [-0.15, -0.1) is 0 Å². The van der Waals surface area contributed by atoms with Gasteiger partial charge in [-0.1, -0.05) is 0 Å². The summed E-state index contributed by atoms with van der Waals surface area (Å²) in [5.41, 5.74) is 0.166. The van der Waals surface area contributed by atoms with Crippen molar-refractivity contribution < 1.29 is 28.6 Å². The monoisotopic (exact) mass is 322 g/mol. The highest BCUT2D eigenvalue weighted by atomic mass is 16.5. The minimum atomic E-state index is -1.09. The predicted octanol–water partition coefficient (Wildman–Crippen LogP) is 0.801. The van der Waals surface area contributed by atoms with E-state index in [0.29, 0.717) is 12.3 Å². The van der Waals surface area contributed by atoms with Crippen LogP contribution in [0.4, 0.5) is 4.79 Å². The molecule has 0 saturated carbocycles. The molecule has 1 aliphatic rings. The highest BCUT2D eigenvalue weighted by Crippen LogP contribution is 2.25. The first-order chi connectivity index (χ1) is 11.0. The van der Waals surface area contributed by atoms with E-state index < -0.39 is 24.0 Å². The number of esters is 1. The molecule has 1 unspecified atom stereocenters. The molecule has 0 aliphatic carbocycles. The maximum absolute atomic E-state index is 12.2. The molecule has 2 rings (SSSR count). The molecule has 1 atom stereocenters. The van der Waals surface area contributed by atoms with E-state index in [2.05, 4.69) is 5.32 Å². The maximum Gasteiger partial charge on any atom is 0.342 e. The van der Waals surface area contributed by atoms with Crippen LogP contribution in [0.2, 0.25) is 0 Å². The molecule has 124 valence electrons. The molecule has 1 saturated heterocycles. The van der Waals surface area contributed by atoms with Crippen LogP contribution in [-0.4, -0.2) is 56.2 Å². The Labute approximate surface area is 133 Å². The first-order valence-electron chi connectivity index (χ1n) is 7.00. The predicted molar refractivity (Wildman–Crippen MR) is 79.5 cm³/mol. The number of carbonyl (C=O) groups is 3. The number of urea groups is 1. The SMILES string of the molecule is COc1ccc(C(=O)OC(C)C(=O)N2CCNC2=O)c(OC)c1. The molecule has 0 aromatic heterocycles. The number of carbonyl (C=O) groups excluding carboxylic acids is 3. The number of nitrogens with one attached hydrogen (secondary N) is 1. The van der Waals surface area contributed by atoms with Crippen molar-refractivity contribution in [1.29, 1.82) is 0 Å². The van der Waals surface area contributed by atoms with E-state index in [1.807, 2.05) is 0 Å². The third kappa shape index (κ3) is 3.53. The van der Waals surface area contributed by atoms with E-state index in [-0.39, 0.29) is 17.9 Å². The second kappa shape index (κ2) is 6.99. The molecular formula is C15H18N2O6. The maximum atomic E-state index is 12.2. The lowest BCUT2D eigenvalue weighted by Gasteiger charge is -2.18. The van der Waals surface area contributed by atoms with Crippen LogP contribution in [-0.2, 0) is 9.53 Å². The molecule has 1 aliphatic heterocycles. The molecule has 8 heteroatoms. The summed E-state index contributed by atoms with van der Waals surface area (Å²) < 4.78 is 15.3. The van der Waals surface area contributed by atoms with Gasteiger partial charge >= 0.3 is 12.0 Å². The van der Waals surface area contributed by atoms with Gasteiger partial charge in [-0.2, -0.15) is 0 Å². The Kier molecular flexibility index (Phi) is 5.05. The highest BCUT2D eigenvalue weighted by Gasteiger charge is 2.32. The van der Waals surface area contributed by atoms with E-state index in [4.69, 9.17) is 14.2 Å². The van der Waals surface area contributed by atoms with Crippen molar-refractivity contribution in [2.45, 2.75) is 13.0 Å². The number of hydrogen-bond acceptors (Lipinski definition) is 6. The number of nitrogens with zero attached hydrogens (tertiary/aromatic N) is 1. The van der Waals surface area contributed by atoms with Crippen LogP contribution in [0.3, 0.4) is 0 Å². The van der Waals surface area contributed by atoms with Crippen molar-refractivity contribution in [1.82, 2.24) is 10.2 Å². The molecule has 1 aromatic rings. The lowest BCUT2D eigenvalue weighted by atomic mass is 10.2. The third-order valence-electron chi connectivity index (χ3n) is 3.38. The van der Waals surface area contributed by atoms with Crippen LogP contribution >= 0.6 is 0 Å². The minimum absolute atomic E-state index is 0.166. The van der Waals surface area contributed by atoms with Gasteiger partial charge in [0.1, 0.15) is 17.1 Å². The summed E-state index contributed by atoms with van der Waals surface area (Å²) in [7, 11) is 2.91. The Bertz CT molecular complexity index is 630.